The van der Waals surface area contributed by atoms with Crippen LogP contribution in [0.4, 0.5) is 0 Å². The molecule has 1 aromatic rings. The topological polar surface area (TPSA) is 59.6 Å². The smallest absolute Gasteiger partial charge is 0.260 e. The number of carbonyl (C=O) groups excluding carboxylic acids is 1. The van der Waals surface area contributed by atoms with Crippen LogP contribution < -0.4 is 20.1 Å². The number of amides is 1. The molecule has 1 rings (SSSR count). The highest BCUT2D eigenvalue weighted by molar-refractivity contribution is 5.85. The van der Waals surface area contributed by atoms with Gasteiger partial charge in [0, 0.05) is 13.1 Å². The Morgan fingerprint density at radius 3 is 2.35 bits per heavy atom. The highest BCUT2D eigenvalue weighted by Crippen LogP contribution is 2.18. The lowest BCUT2D eigenvalue weighted by atomic mass is 10.3. The van der Waals surface area contributed by atoms with Gasteiger partial charge in [0.25, 0.3) is 5.91 Å². The number of halogens is 1. The predicted octanol–water partition coefficient (Wildman–Crippen LogP) is 1.61. The Balaban J connectivity index is 0.00000361. The number of methoxy groups -OCH3 is 1. The Kier molecular flexibility index (Phi) is 9.59. The molecule has 6 heteroatoms. The first kappa shape index (κ1) is 18.5. The van der Waals surface area contributed by atoms with E-state index in [1.807, 2.05) is 6.92 Å². The maximum Gasteiger partial charge on any atom is 0.260 e. The van der Waals surface area contributed by atoms with Crippen molar-refractivity contribution >= 4 is 18.3 Å². The van der Waals surface area contributed by atoms with Gasteiger partial charge in [0.05, 0.1) is 7.11 Å². The lowest BCUT2D eigenvalue weighted by Crippen LogP contribution is -2.39. The molecule has 20 heavy (non-hydrogen) atoms. The normalized spacial score (nSPS) is 11.2. The van der Waals surface area contributed by atoms with Crippen LogP contribution in [0.3, 0.4) is 0 Å². The van der Waals surface area contributed by atoms with E-state index in [1.54, 1.807) is 38.3 Å². The summed E-state index contributed by atoms with van der Waals surface area (Å²) in [5.74, 6) is 1.29. The second-order valence-corrected chi connectivity index (χ2v) is 4.08. The number of nitrogens with one attached hydrogen (secondary N) is 2. The first-order valence-corrected chi connectivity index (χ1v) is 6.46. The fourth-order valence-corrected chi connectivity index (χ4v) is 1.51. The van der Waals surface area contributed by atoms with Gasteiger partial charge in [-0.05, 0) is 37.7 Å². The van der Waals surface area contributed by atoms with Crippen molar-refractivity contribution in [1.29, 1.82) is 0 Å². The second kappa shape index (κ2) is 10.3. The van der Waals surface area contributed by atoms with Gasteiger partial charge >= 0.3 is 0 Å². The van der Waals surface area contributed by atoms with Crippen LogP contribution in [0.1, 0.15) is 13.8 Å². The molecule has 0 fully saturated rings. The van der Waals surface area contributed by atoms with Crippen LogP contribution in [-0.2, 0) is 4.79 Å². The van der Waals surface area contributed by atoms with Crippen LogP contribution in [-0.4, -0.2) is 38.8 Å². The molecule has 0 heterocycles. The van der Waals surface area contributed by atoms with Gasteiger partial charge in [-0.3, -0.25) is 4.79 Å². The first-order chi connectivity index (χ1) is 9.17. The summed E-state index contributed by atoms with van der Waals surface area (Å²) >= 11 is 0. The van der Waals surface area contributed by atoms with Crippen LogP contribution in [0.5, 0.6) is 11.5 Å². The molecule has 0 spiro atoms. The molecule has 114 valence electrons. The first-order valence-electron chi connectivity index (χ1n) is 6.46. The standard InChI is InChI=1S/C14H22N2O3.ClH/c1-4-15-9-10-16-14(17)11(2)19-13-7-5-12(18-3)6-8-13;/h5-8,11,15H,4,9-10H2,1-3H3,(H,16,17);1H. The number of ether oxygens (including phenoxy) is 2. The summed E-state index contributed by atoms with van der Waals surface area (Å²) in [4.78, 5) is 11.7. The highest BCUT2D eigenvalue weighted by atomic mass is 35.5. The van der Waals surface area contributed by atoms with Gasteiger partial charge in [-0.2, -0.15) is 0 Å². The summed E-state index contributed by atoms with van der Waals surface area (Å²) in [7, 11) is 1.61. The van der Waals surface area contributed by atoms with Crippen molar-refractivity contribution in [2.75, 3.05) is 26.7 Å². The molecule has 0 bridgehead atoms. The van der Waals surface area contributed by atoms with Crippen LogP contribution in [0, 0.1) is 0 Å². The molecule has 0 aliphatic heterocycles. The molecule has 1 unspecified atom stereocenters. The van der Waals surface area contributed by atoms with Gasteiger partial charge in [-0.25, -0.2) is 0 Å². The van der Waals surface area contributed by atoms with E-state index >= 15 is 0 Å². The molecule has 0 aromatic heterocycles. The van der Waals surface area contributed by atoms with Gasteiger partial charge < -0.3 is 20.1 Å². The van der Waals surface area contributed by atoms with Gasteiger partial charge in [-0.15, -0.1) is 12.4 Å². The van der Waals surface area contributed by atoms with Crippen molar-refractivity contribution in [3.63, 3.8) is 0 Å². The van der Waals surface area contributed by atoms with Crippen molar-refractivity contribution in [3.05, 3.63) is 24.3 Å². The molecular formula is C14H23ClN2O3. The minimum atomic E-state index is -0.518. The molecule has 2 N–H and O–H groups in total. The van der Waals surface area contributed by atoms with E-state index in [4.69, 9.17) is 9.47 Å². The maximum atomic E-state index is 11.7. The van der Waals surface area contributed by atoms with Crippen molar-refractivity contribution in [3.8, 4) is 11.5 Å². The highest BCUT2D eigenvalue weighted by Gasteiger charge is 2.13. The van der Waals surface area contributed by atoms with Crippen molar-refractivity contribution in [2.24, 2.45) is 0 Å². The third kappa shape index (κ3) is 6.63. The van der Waals surface area contributed by atoms with Crippen LogP contribution in [0.15, 0.2) is 24.3 Å². The minimum Gasteiger partial charge on any atom is -0.497 e. The largest absolute Gasteiger partial charge is 0.497 e. The van der Waals surface area contributed by atoms with E-state index in [-0.39, 0.29) is 18.3 Å². The molecule has 1 atom stereocenters. The summed E-state index contributed by atoms with van der Waals surface area (Å²) in [6, 6.07) is 7.15. The number of hydrogen-bond donors (Lipinski definition) is 2. The van der Waals surface area contributed by atoms with E-state index in [2.05, 4.69) is 10.6 Å². The molecule has 0 radical (unpaired) electrons. The van der Waals surface area contributed by atoms with Crippen LogP contribution in [0.2, 0.25) is 0 Å². The molecule has 1 aromatic carbocycles. The van der Waals surface area contributed by atoms with Crippen LogP contribution in [0.25, 0.3) is 0 Å². The molecule has 0 aliphatic carbocycles. The van der Waals surface area contributed by atoms with Gasteiger partial charge in [-0.1, -0.05) is 6.92 Å². The molecule has 0 saturated carbocycles. The number of benzene rings is 1. The van der Waals surface area contributed by atoms with Crippen molar-refractivity contribution in [2.45, 2.75) is 20.0 Å². The average Bonchev–Trinajstić information content (AvgIpc) is 2.44. The third-order valence-corrected chi connectivity index (χ3v) is 2.59. The lowest BCUT2D eigenvalue weighted by Gasteiger charge is -2.15. The predicted molar refractivity (Wildman–Crippen MR) is 81.9 cm³/mol. The lowest BCUT2D eigenvalue weighted by molar-refractivity contribution is -0.127. The van der Waals surface area contributed by atoms with Crippen molar-refractivity contribution in [1.82, 2.24) is 10.6 Å². The number of carbonyl (C=O) groups is 1. The zero-order valence-electron chi connectivity index (χ0n) is 12.1. The SMILES string of the molecule is CCNCCNC(=O)C(C)Oc1ccc(OC)cc1.Cl. The summed E-state index contributed by atoms with van der Waals surface area (Å²) in [5, 5.41) is 5.94. The Hall–Kier alpha value is -1.46. The molecule has 0 aliphatic rings. The van der Waals surface area contributed by atoms with Gasteiger partial charge in [0.2, 0.25) is 0 Å². The number of likely N-dealkylation sites (N-methyl/N-ethyl adjacent to an activating group) is 1. The third-order valence-electron chi connectivity index (χ3n) is 2.59. The minimum absolute atomic E-state index is 0. The van der Waals surface area contributed by atoms with Gasteiger partial charge in [0.1, 0.15) is 11.5 Å². The van der Waals surface area contributed by atoms with E-state index in [9.17, 15) is 4.79 Å². The molecule has 5 nitrogen and oxygen atoms in total. The Morgan fingerprint density at radius 2 is 1.80 bits per heavy atom. The maximum absolute atomic E-state index is 11.7. The quantitative estimate of drug-likeness (QED) is 0.716. The zero-order chi connectivity index (χ0) is 14.1. The Labute approximate surface area is 126 Å². The summed E-state index contributed by atoms with van der Waals surface area (Å²) < 4.78 is 10.6. The van der Waals surface area contributed by atoms with E-state index in [0.717, 1.165) is 18.8 Å². The number of rotatable bonds is 8. The van der Waals surface area contributed by atoms with Crippen molar-refractivity contribution < 1.29 is 14.3 Å². The average molecular weight is 303 g/mol. The zero-order valence-corrected chi connectivity index (χ0v) is 13.0. The summed E-state index contributed by atoms with van der Waals surface area (Å²) in [6.45, 7) is 6.01. The van der Waals surface area contributed by atoms with E-state index < -0.39 is 6.10 Å². The summed E-state index contributed by atoms with van der Waals surface area (Å²) in [5.41, 5.74) is 0. The van der Waals surface area contributed by atoms with Crippen LogP contribution >= 0.6 is 12.4 Å². The second-order valence-electron chi connectivity index (χ2n) is 4.08. The molecule has 1 amide bonds. The Morgan fingerprint density at radius 1 is 1.20 bits per heavy atom. The monoisotopic (exact) mass is 302 g/mol. The fraction of sp³-hybridized carbons (Fsp3) is 0.500. The Bertz CT molecular complexity index is 385. The van der Waals surface area contributed by atoms with E-state index in [0.29, 0.717) is 12.3 Å². The molecular weight excluding hydrogens is 280 g/mol. The van der Waals surface area contributed by atoms with Gasteiger partial charge in [0.15, 0.2) is 6.10 Å². The number of hydrogen-bond acceptors (Lipinski definition) is 4. The molecule has 0 saturated heterocycles. The van der Waals surface area contributed by atoms with E-state index in [1.165, 1.54) is 0 Å². The summed E-state index contributed by atoms with van der Waals surface area (Å²) in [6.07, 6.45) is -0.518. The fourth-order valence-electron chi connectivity index (χ4n) is 1.51.